The lowest BCUT2D eigenvalue weighted by Gasteiger charge is -2.02. The van der Waals surface area contributed by atoms with Crippen molar-refractivity contribution in [1.29, 1.82) is 0 Å². The fourth-order valence-electron chi connectivity index (χ4n) is 2.28. The molecule has 3 heterocycles. The van der Waals surface area contributed by atoms with E-state index >= 15 is 0 Å². The molecule has 1 aromatic carbocycles. The molecule has 0 amide bonds. The van der Waals surface area contributed by atoms with Crippen LogP contribution >= 0.6 is 23.1 Å². The number of thiazole rings is 1. The lowest BCUT2D eigenvalue weighted by atomic mass is 10.2. The quantitative estimate of drug-likeness (QED) is 0.480. The third-order valence-electron chi connectivity index (χ3n) is 3.41. The van der Waals surface area contributed by atoms with E-state index in [-0.39, 0.29) is 0 Å². The Hall–Kier alpha value is -2.45. The summed E-state index contributed by atoms with van der Waals surface area (Å²) in [4.78, 5) is 13.3. The molecule has 6 nitrogen and oxygen atoms in total. The molecule has 0 atom stereocenters. The van der Waals surface area contributed by atoms with Gasteiger partial charge in [0.1, 0.15) is 10.8 Å². The highest BCUT2D eigenvalue weighted by Crippen LogP contribution is 2.28. The summed E-state index contributed by atoms with van der Waals surface area (Å²) < 4.78 is 7.15. The standard InChI is InChI=1S/C17H15N5OS2/c1-2-23-14-6-4-12(5-7-14)15-19-13(10-24-15)11-25-17-20-16-18-8-3-9-22(16)21-17/h3-10H,2,11H2,1H3. The predicted molar refractivity (Wildman–Crippen MR) is 99.1 cm³/mol. The SMILES string of the molecule is CCOc1ccc(-c2nc(CSc3nc4ncccn4n3)cs2)cc1. The van der Waals surface area contributed by atoms with Crippen molar-refractivity contribution in [2.75, 3.05) is 6.61 Å². The Labute approximate surface area is 152 Å². The van der Waals surface area contributed by atoms with Gasteiger partial charge in [0.25, 0.3) is 5.78 Å². The van der Waals surface area contributed by atoms with Gasteiger partial charge in [-0.15, -0.1) is 16.4 Å². The summed E-state index contributed by atoms with van der Waals surface area (Å²) in [6.07, 6.45) is 3.55. The number of benzene rings is 1. The number of hydrogen-bond donors (Lipinski definition) is 0. The van der Waals surface area contributed by atoms with E-state index in [1.165, 1.54) is 0 Å². The maximum atomic E-state index is 5.47. The van der Waals surface area contributed by atoms with Crippen LogP contribution in [0.5, 0.6) is 5.75 Å². The van der Waals surface area contributed by atoms with E-state index in [2.05, 4.69) is 20.4 Å². The topological polar surface area (TPSA) is 65.2 Å². The van der Waals surface area contributed by atoms with Gasteiger partial charge in [-0.3, -0.25) is 0 Å². The van der Waals surface area contributed by atoms with Crippen molar-refractivity contribution in [1.82, 2.24) is 24.6 Å². The number of hydrogen-bond acceptors (Lipinski definition) is 7. The Kier molecular flexibility index (Phi) is 4.62. The van der Waals surface area contributed by atoms with E-state index in [4.69, 9.17) is 9.72 Å². The molecule has 4 aromatic rings. The third kappa shape index (κ3) is 3.64. The number of ether oxygens (including phenoxy) is 1. The molecule has 0 radical (unpaired) electrons. The number of rotatable bonds is 6. The summed E-state index contributed by atoms with van der Waals surface area (Å²) in [5.41, 5.74) is 2.12. The highest BCUT2D eigenvalue weighted by molar-refractivity contribution is 7.98. The fraction of sp³-hybridized carbons (Fsp3) is 0.176. The van der Waals surface area contributed by atoms with E-state index in [1.54, 1.807) is 33.8 Å². The van der Waals surface area contributed by atoms with Gasteiger partial charge in [0.05, 0.1) is 12.3 Å². The smallest absolute Gasteiger partial charge is 0.253 e. The number of nitrogens with zero attached hydrogens (tertiary/aromatic N) is 5. The lowest BCUT2D eigenvalue weighted by Crippen LogP contribution is -1.90. The van der Waals surface area contributed by atoms with Gasteiger partial charge in [0, 0.05) is 29.1 Å². The van der Waals surface area contributed by atoms with Crippen molar-refractivity contribution in [3.63, 3.8) is 0 Å². The van der Waals surface area contributed by atoms with Crippen molar-refractivity contribution in [3.8, 4) is 16.3 Å². The van der Waals surface area contributed by atoms with Crippen molar-refractivity contribution in [2.45, 2.75) is 17.8 Å². The van der Waals surface area contributed by atoms with Gasteiger partial charge >= 0.3 is 0 Å². The molecule has 0 unspecified atom stereocenters. The first kappa shape index (κ1) is 16.0. The van der Waals surface area contributed by atoms with E-state index < -0.39 is 0 Å². The summed E-state index contributed by atoms with van der Waals surface area (Å²) in [5.74, 6) is 2.22. The molecule has 0 aliphatic heterocycles. The molecule has 3 aromatic heterocycles. The Morgan fingerprint density at radius 1 is 1.20 bits per heavy atom. The van der Waals surface area contributed by atoms with Crippen molar-refractivity contribution in [2.24, 2.45) is 0 Å². The van der Waals surface area contributed by atoms with Crippen molar-refractivity contribution in [3.05, 3.63) is 53.8 Å². The zero-order valence-electron chi connectivity index (χ0n) is 13.5. The van der Waals surface area contributed by atoms with Gasteiger partial charge < -0.3 is 4.74 Å². The Morgan fingerprint density at radius 3 is 2.88 bits per heavy atom. The second kappa shape index (κ2) is 7.20. The molecule has 0 aliphatic carbocycles. The Balaban J connectivity index is 1.44. The zero-order chi connectivity index (χ0) is 17.1. The molecule has 4 rings (SSSR count). The number of fused-ring (bicyclic) bond motifs is 1. The first-order valence-electron chi connectivity index (χ1n) is 7.79. The molecule has 0 N–H and O–H groups in total. The van der Waals surface area contributed by atoms with Crippen LogP contribution < -0.4 is 4.74 Å². The molecular weight excluding hydrogens is 354 g/mol. The molecule has 0 saturated heterocycles. The van der Waals surface area contributed by atoms with Gasteiger partial charge in [-0.05, 0) is 37.3 Å². The molecule has 0 fully saturated rings. The van der Waals surface area contributed by atoms with Gasteiger partial charge in [0.15, 0.2) is 0 Å². The molecule has 0 aliphatic rings. The maximum Gasteiger partial charge on any atom is 0.253 e. The zero-order valence-corrected chi connectivity index (χ0v) is 15.1. The van der Waals surface area contributed by atoms with Crippen LogP contribution in [0.1, 0.15) is 12.6 Å². The molecular formula is C17H15N5OS2. The van der Waals surface area contributed by atoms with E-state index in [0.717, 1.165) is 27.8 Å². The molecule has 0 saturated carbocycles. The minimum Gasteiger partial charge on any atom is -0.494 e. The fourth-order valence-corrected chi connectivity index (χ4v) is 3.93. The molecule has 25 heavy (non-hydrogen) atoms. The average molecular weight is 369 g/mol. The summed E-state index contributed by atoms with van der Waals surface area (Å²) in [5, 5.41) is 8.17. The largest absolute Gasteiger partial charge is 0.494 e. The summed E-state index contributed by atoms with van der Waals surface area (Å²) >= 11 is 3.20. The highest BCUT2D eigenvalue weighted by Gasteiger charge is 2.09. The molecule has 8 heteroatoms. The van der Waals surface area contributed by atoms with Gasteiger partial charge in [-0.1, -0.05) is 11.8 Å². The van der Waals surface area contributed by atoms with E-state index in [0.29, 0.717) is 17.5 Å². The van der Waals surface area contributed by atoms with Crippen LogP contribution in [0.3, 0.4) is 0 Å². The predicted octanol–water partition coefficient (Wildman–Crippen LogP) is 3.94. The minimum absolute atomic E-state index is 0.610. The number of thioether (sulfide) groups is 1. The lowest BCUT2D eigenvalue weighted by molar-refractivity contribution is 0.340. The van der Waals surface area contributed by atoms with E-state index in [1.807, 2.05) is 43.5 Å². The van der Waals surface area contributed by atoms with Crippen LogP contribution in [-0.4, -0.2) is 31.2 Å². The molecule has 126 valence electrons. The summed E-state index contributed by atoms with van der Waals surface area (Å²) in [7, 11) is 0. The first-order chi connectivity index (χ1) is 12.3. The number of aromatic nitrogens is 5. The monoisotopic (exact) mass is 369 g/mol. The van der Waals surface area contributed by atoms with Crippen LogP contribution in [0.2, 0.25) is 0 Å². The molecule has 0 spiro atoms. The van der Waals surface area contributed by atoms with Crippen LogP contribution in [0.4, 0.5) is 0 Å². The van der Waals surface area contributed by atoms with Crippen LogP contribution in [0.25, 0.3) is 16.3 Å². The van der Waals surface area contributed by atoms with Crippen LogP contribution in [-0.2, 0) is 5.75 Å². The van der Waals surface area contributed by atoms with Gasteiger partial charge in [-0.25, -0.2) is 14.5 Å². The Morgan fingerprint density at radius 2 is 2.08 bits per heavy atom. The normalized spacial score (nSPS) is 11.1. The second-order valence-electron chi connectivity index (χ2n) is 5.15. The third-order valence-corrected chi connectivity index (χ3v) is 5.22. The molecule has 0 bridgehead atoms. The summed E-state index contributed by atoms with van der Waals surface area (Å²) in [6.45, 7) is 2.65. The maximum absolute atomic E-state index is 5.47. The van der Waals surface area contributed by atoms with Crippen LogP contribution in [0.15, 0.2) is 53.3 Å². The van der Waals surface area contributed by atoms with Gasteiger partial charge in [0.2, 0.25) is 5.16 Å². The van der Waals surface area contributed by atoms with Crippen LogP contribution in [0, 0.1) is 0 Å². The van der Waals surface area contributed by atoms with Gasteiger partial charge in [-0.2, -0.15) is 4.98 Å². The first-order valence-corrected chi connectivity index (χ1v) is 9.66. The minimum atomic E-state index is 0.610. The highest BCUT2D eigenvalue weighted by atomic mass is 32.2. The Bertz CT molecular complexity index is 947. The average Bonchev–Trinajstić information content (AvgIpc) is 3.27. The second-order valence-corrected chi connectivity index (χ2v) is 6.95. The summed E-state index contributed by atoms with van der Waals surface area (Å²) in [6, 6.07) is 9.86. The van der Waals surface area contributed by atoms with Crippen molar-refractivity contribution < 1.29 is 4.74 Å². The van der Waals surface area contributed by atoms with Crippen molar-refractivity contribution >= 4 is 28.9 Å². The van der Waals surface area contributed by atoms with E-state index in [9.17, 15) is 0 Å².